The molecule has 0 aromatic heterocycles. The lowest BCUT2D eigenvalue weighted by Crippen LogP contribution is -2.40. The summed E-state index contributed by atoms with van der Waals surface area (Å²) in [6.07, 6.45) is 4.64. The third kappa shape index (κ3) is 5.66. The van der Waals surface area contributed by atoms with Crippen molar-refractivity contribution >= 4 is 11.8 Å². The van der Waals surface area contributed by atoms with Crippen molar-refractivity contribution < 1.29 is 9.59 Å². The Morgan fingerprint density at radius 1 is 1.04 bits per heavy atom. The monoisotopic (exact) mass is 330 g/mol. The first-order chi connectivity index (χ1) is 11.4. The zero-order valence-corrected chi connectivity index (χ0v) is 15.1. The van der Waals surface area contributed by atoms with Gasteiger partial charge in [0, 0.05) is 24.4 Å². The Hall–Kier alpha value is -1.84. The number of carbonyl (C=O) groups is 2. The second-order valence-electron chi connectivity index (χ2n) is 7.78. The van der Waals surface area contributed by atoms with Crippen LogP contribution in [0.2, 0.25) is 0 Å². The molecular formula is C20H30N2O2. The highest BCUT2D eigenvalue weighted by molar-refractivity contribution is 5.82. The van der Waals surface area contributed by atoms with Gasteiger partial charge < -0.3 is 10.6 Å². The molecule has 0 bridgehead atoms. The first kappa shape index (κ1) is 18.5. The molecule has 1 fully saturated rings. The van der Waals surface area contributed by atoms with Crippen molar-refractivity contribution in [1.82, 2.24) is 10.6 Å². The number of carbonyl (C=O) groups excluding carboxylic acids is 2. The quantitative estimate of drug-likeness (QED) is 0.869. The minimum Gasteiger partial charge on any atom is -0.355 e. The normalized spacial score (nSPS) is 21.1. The number of hydrogen-bond acceptors (Lipinski definition) is 2. The molecule has 0 spiro atoms. The zero-order chi connectivity index (χ0) is 17.6. The van der Waals surface area contributed by atoms with Crippen LogP contribution in [-0.2, 0) is 9.59 Å². The molecule has 2 amide bonds. The highest BCUT2D eigenvalue weighted by Gasteiger charge is 2.24. The van der Waals surface area contributed by atoms with E-state index in [0.29, 0.717) is 18.9 Å². The molecule has 132 valence electrons. The van der Waals surface area contributed by atoms with Crippen molar-refractivity contribution in [3.05, 3.63) is 35.9 Å². The van der Waals surface area contributed by atoms with Crippen LogP contribution in [0.1, 0.15) is 64.4 Å². The molecule has 1 aromatic rings. The summed E-state index contributed by atoms with van der Waals surface area (Å²) in [7, 11) is 0. The van der Waals surface area contributed by atoms with Crippen LogP contribution in [0, 0.1) is 5.41 Å². The smallest absolute Gasteiger partial charge is 0.225 e. The Kier molecular flexibility index (Phi) is 6.41. The summed E-state index contributed by atoms with van der Waals surface area (Å²) in [6.45, 7) is 6.01. The van der Waals surface area contributed by atoms with Gasteiger partial charge in [0.2, 0.25) is 11.8 Å². The molecule has 0 radical (unpaired) electrons. The third-order valence-electron chi connectivity index (χ3n) is 4.68. The van der Waals surface area contributed by atoms with E-state index in [2.05, 4.69) is 34.9 Å². The predicted molar refractivity (Wildman–Crippen MR) is 96.7 cm³/mol. The molecule has 0 unspecified atom stereocenters. The molecule has 1 aliphatic rings. The van der Waals surface area contributed by atoms with Crippen LogP contribution in [0.15, 0.2) is 30.3 Å². The van der Waals surface area contributed by atoms with Crippen molar-refractivity contribution in [3.8, 4) is 0 Å². The summed E-state index contributed by atoms with van der Waals surface area (Å²) in [4.78, 5) is 23.8. The van der Waals surface area contributed by atoms with Gasteiger partial charge in [-0.25, -0.2) is 0 Å². The van der Waals surface area contributed by atoms with Crippen LogP contribution in [0.25, 0.3) is 0 Å². The molecule has 0 saturated heterocycles. The van der Waals surface area contributed by atoms with Gasteiger partial charge in [0.15, 0.2) is 0 Å². The van der Waals surface area contributed by atoms with Crippen LogP contribution in [0.5, 0.6) is 0 Å². The highest BCUT2D eigenvalue weighted by Crippen LogP contribution is 2.32. The van der Waals surface area contributed by atoms with E-state index in [4.69, 9.17) is 0 Å². The molecule has 2 N–H and O–H groups in total. The maximum absolute atomic E-state index is 12.0. The topological polar surface area (TPSA) is 58.2 Å². The molecule has 1 aliphatic carbocycles. The Morgan fingerprint density at radius 3 is 2.25 bits per heavy atom. The van der Waals surface area contributed by atoms with E-state index < -0.39 is 5.41 Å². The summed E-state index contributed by atoms with van der Waals surface area (Å²) in [5, 5.41) is 5.93. The number of hydrogen-bond donors (Lipinski definition) is 2. The third-order valence-corrected chi connectivity index (χ3v) is 4.68. The van der Waals surface area contributed by atoms with Crippen molar-refractivity contribution in [3.63, 3.8) is 0 Å². The largest absolute Gasteiger partial charge is 0.355 e. The van der Waals surface area contributed by atoms with Gasteiger partial charge in [-0.15, -0.1) is 0 Å². The molecule has 0 aliphatic heterocycles. The summed E-state index contributed by atoms with van der Waals surface area (Å²) in [5.74, 6) is 0.636. The highest BCUT2D eigenvalue weighted by atomic mass is 16.2. The maximum atomic E-state index is 12.0. The minimum absolute atomic E-state index is 0.0151. The fraction of sp³-hybridized carbons (Fsp3) is 0.600. The summed E-state index contributed by atoms with van der Waals surface area (Å²) in [5.41, 5.74) is 0.999. The van der Waals surface area contributed by atoms with Gasteiger partial charge in [-0.2, -0.15) is 0 Å². The van der Waals surface area contributed by atoms with Gasteiger partial charge in [0.1, 0.15) is 0 Å². The van der Waals surface area contributed by atoms with Crippen molar-refractivity contribution in [2.24, 2.45) is 5.41 Å². The molecule has 0 atom stereocenters. The number of nitrogens with one attached hydrogen (secondary N) is 2. The minimum atomic E-state index is -0.410. The lowest BCUT2D eigenvalue weighted by molar-refractivity contribution is -0.128. The molecule has 4 nitrogen and oxygen atoms in total. The first-order valence-corrected chi connectivity index (χ1v) is 8.99. The van der Waals surface area contributed by atoms with E-state index in [9.17, 15) is 9.59 Å². The average Bonchev–Trinajstić information content (AvgIpc) is 2.55. The summed E-state index contributed by atoms with van der Waals surface area (Å²) in [6, 6.07) is 10.9. The summed E-state index contributed by atoms with van der Waals surface area (Å²) < 4.78 is 0. The number of amides is 2. The second-order valence-corrected chi connectivity index (χ2v) is 7.78. The Labute approximate surface area is 145 Å². The van der Waals surface area contributed by atoms with Gasteiger partial charge in [-0.3, -0.25) is 9.59 Å². The van der Waals surface area contributed by atoms with Gasteiger partial charge in [0.05, 0.1) is 0 Å². The van der Waals surface area contributed by atoms with Gasteiger partial charge in [-0.1, -0.05) is 51.1 Å². The van der Waals surface area contributed by atoms with E-state index >= 15 is 0 Å². The fourth-order valence-corrected chi connectivity index (χ4v) is 3.15. The Bertz CT molecular complexity index is 541. The van der Waals surface area contributed by atoms with Crippen LogP contribution >= 0.6 is 0 Å². The van der Waals surface area contributed by atoms with Crippen molar-refractivity contribution in [1.29, 1.82) is 0 Å². The molecule has 2 rings (SSSR count). The molecule has 4 heteroatoms. The molecular weight excluding hydrogens is 300 g/mol. The predicted octanol–water partition coefficient (Wildman–Crippen LogP) is 3.38. The van der Waals surface area contributed by atoms with Gasteiger partial charge >= 0.3 is 0 Å². The second kappa shape index (κ2) is 8.32. The van der Waals surface area contributed by atoms with E-state index in [0.717, 1.165) is 25.7 Å². The SMILES string of the molecule is CC(C)(C)C(=O)NCCC(=O)NC1CCC(c2ccccc2)CC1. The first-order valence-electron chi connectivity index (χ1n) is 8.99. The van der Waals surface area contributed by atoms with Gasteiger partial charge in [0.25, 0.3) is 0 Å². The van der Waals surface area contributed by atoms with E-state index in [1.165, 1.54) is 5.56 Å². The standard InChI is InChI=1S/C20H30N2O2/c1-20(2,3)19(24)21-14-13-18(23)22-17-11-9-16(10-12-17)15-7-5-4-6-8-15/h4-8,16-17H,9-14H2,1-3H3,(H,21,24)(H,22,23). The van der Waals surface area contributed by atoms with Crippen LogP contribution in [-0.4, -0.2) is 24.4 Å². The van der Waals surface area contributed by atoms with E-state index in [-0.39, 0.29) is 17.9 Å². The van der Waals surface area contributed by atoms with E-state index in [1.54, 1.807) is 0 Å². The average molecular weight is 330 g/mol. The number of benzene rings is 1. The van der Waals surface area contributed by atoms with Crippen LogP contribution in [0.4, 0.5) is 0 Å². The molecule has 1 saturated carbocycles. The molecule has 24 heavy (non-hydrogen) atoms. The van der Waals surface area contributed by atoms with Crippen LogP contribution in [0.3, 0.4) is 0 Å². The molecule has 1 aromatic carbocycles. The number of rotatable bonds is 5. The van der Waals surface area contributed by atoms with Crippen molar-refractivity contribution in [2.45, 2.75) is 64.8 Å². The lowest BCUT2D eigenvalue weighted by atomic mass is 9.82. The fourth-order valence-electron chi connectivity index (χ4n) is 3.15. The zero-order valence-electron chi connectivity index (χ0n) is 15.1. The summed E-state index contributed by atoms with van der Waals surface area (Å²) >= 11 is 0. The maximum Gasteiger partial charge on any atom is 0.225 e. The Morgan fingerprint density at radius 2 is 1.67 bits per heavy atom. The van der Waals surface area contributed by atoms with E-state index in [1.807, 2.05) is 26.8 Å². The Balaban J connectivity index is 1.66. The van der Waals surface area contributed by atoms with Gasteiger partial charge in [-0.05, 0) is 37.2 Å². The molecule has 0 heterocycles. The lowest BCUT2D eigenvalue weighted by Gasteiger charge is -2.29. The van der Waals surface area contributed by atoms with Crippen LogP contribution < -0.4 is 10.6 Å². The van der Waals surface area contributed by atoms with Crippen molar-refractivity contribution in [2.75, 3.05) is 6.54 Å².